The number of amides is 1. The van der Waals surface area contributed by atoms with Crippen molar-refractivity contribution in [2.24, 2.45) is 0 Å². The average Bonchev–Trinajstić information content (AvgIpc) is 2.50. The largest absolute Gasteiger partial charge is 0.467 e. The number of nitrogens with one attached hydrogen (secondary N) is 1. The third-order valence-electron chi connectivity index (χ3n) is 3.30. The Labute approximate surface area is 130 Å². The molecule has 1 amide bonds. The molecular weight excluding hydrogens is 280 g/mol. The Kier molecular flexibility index (Phi) is 4.60. The molecule has 1 aromatic heterocycles. The molecular formula is C16H20N4O2. The van der Waals surface area contributed by atoms with Gasteiger partial charge in [0, 0.05) is 25.3 Å². The molecule has 22 heavy (non-hydrogen) atoms. The highest BCUT2D eigenvalue weighted by molar-refractivity contribution is 6.05. The van der Waals surface area contributed by atoms with Crippen LogP contribution in [0.15, 0.2) is 24.3 Å². The number of carbonyl (C=O) groups is 1. The average molecular weight is 300 g/mol. The van der Waals surface area contributed by atoms with Gasteiger partial charge in [-0.15, -0.1) is 0 Å². The lowest BCUT2D eigenvalue weighted by molar-refractivity contribution is 0.102. The van der Waals surface area contributed by atoms with Gasteiger partial charge in [-0.1, -0.05) is 6.07 Å². The molecule has 0 bridgehead atoms. The number of hydrogen-bond donors (Lipinski definition) is 1. The lowest BCUT2D eigenvalue weighted by Gasteiger charge is -2.14. The van der Waals surface area contributed by atoms with Crippen LogP contribution in [0.1, 0.15) is 21.7 Å². The SMILES string of the molecule is COc1nc(C)c(NC(=O)c2cccc(N(C)C)c2)c(C)n1. The first-order valence-electron chi connectivity index (χ1n) is 6.90. The van der Waals surface area contributed by atoms with Crippen molar-refractivity contribution in [1.82, 2.24) is 9.97 Å². The van der Waals surface area contributed by atoms with Crippen molar-refractivity contribution in [3.8, 4) is 6.01 Å². The molecule has 0 fully saturated rings. The van der Waals surface area contributed by atoms with Crippen molar-refractivity contribution >= 4 is 17.3 Å². The summed E-state index contributed by atoms with van der Waals surface area (Å²) >= 11 is 0. The topological polar surface area (TPSA) is 67.3 Å². The highest BCUT2D eigenvalue weighted by atomic mass is 16.5. The molecule has 116 valence electrons. The lowest BCUT2D eigenvalue weighted by atomic mass is 10.1. The summed E-state index contributed by atoms with van der Waals surface area (Å²) in [6.07, 6.45) is 0. The highest BCUT2D eigenvalue weighted by Gasteiger charge is 2.13. The van der Waals surface area contributed by atoms with Gasteiger partial charge in [0.25, 0.3) is 5.91 Å². The Balaban J connectivity index is 2.28. The van der Waals surface area contributed by atoms with E-state index in [9.17, 15) is 4.79 Å². The molecule has 1 N–H and O–H groups in total. The maximum Gasteiger partial charge on any atom is 0.316 e. The predicted molar refractivity (Wildman–Crippen MR) is 86.8 cm³/mol. The molecule has 0 aliphatic carbocycles. The molecule has 0 saturated heterocycles. The van der Waals surface area contributed by atoms with Crippen LogP contribution in [0.3, 0.4) is 0 Å². The third kappa shape index (κ3) is 3.33. The van der Waals surface area contributed by atoms with Crippen LogP contribution in [-0.2, 0) is 0 Å². The van der Waals surface area contributed by atoms with E-state index < -0.39 is 0 Å². The zero-order valence-corrected chi connectivity index (χ0v) is 13.5. The van der Waals surface area contributed by atoms with Gasteiger partial charge in [-0.25, -0.2) is 0 Å². The van der Waals surface area contributed by atoms with Crippen molar-refractivity contribution in [3.05, 3.63) is 41.2 Å². The minimum Gasteiger partial charge on any atom is -0.467 e. The first kappa shape index (κ1) is 15.8. The molecule has 6 heteroatoms. The Morgan fingerprint density at radius 3 is 2.36 bits per heavy atom. The summed E-state index contributed by atoms with van der Waals surface area (Å²) in [5.41, 5.74) is 3.50. The molecule has 0 aliphatic rings. The number of hydrogen-bond acceptors (Lipinski definition) is 5. The van der Waals surface area contributed by atoms with Crippen LogP contribution in [0.5, 0.6) is 6.01 Å². The van der Waals surface area contributed by atoms with E-state index >= 15 is 0 Å². The van der Waals surface area contributed by atoms with Crippen LogP contribution in [0.2, 0.25) is 0 Å². The van der Waals surface area contributed by atoms with Crippen LogP contribution in [0.4, 0.5) is 11.4 Å². The summed E-state index contributed by atoms with van der Waals surface area (Å²) in [4.78, 5) is 22.8. The molecule has 0 unspecified atom stereocenters. The summed E-state index contributed by atoms with van der Waals surface area (Å²) in [7, 11) is 5.38. The van der Waals surface area contributed by atoms with Gasteiger partial charge in [-0.05, 0) is 32.0 Å². The van der Waals surface area contributed by atoms with Gasteiger partial charge >= 0.3 is 6.01 Å². The van der Waals surface area contributed by atoms with Crippen molar-refractivity contribution in [2.75, 3.05) is 31.4 Å². The van der Waals surface area contributed by atoms with Crippen LogP contribution in [0, 0.1) is 13.8 Å². The van der Waals surface area contributed by atoms with Crippen molar-refractivity contribution < 1.29 is 9.53 Å². The third-order valence-corrected chi connectivity index (χ3v) is 3.30. The van der Waals surface area contributed by atoms with Crippen LogP contribution < -0.4 is 15.0 Å². The fourth-order valence-corrected chi connectivity index (χ4v) is 2.07. The van der Waals surface area contributed by atoms with Crippen LogP contribution in [0.25, 0.3) is 0 Å². The summed E-state index contributed by atoms with van der Waals surface area (Å²) in [6.45, 7) is 3.62. The molecule has 0 spiro atoms. The van der Waals surface area contributed by atoms with Gasteiger partial charge < -0.3 is 15.0 Å². The zero-order valence-electron chi connectivity index (χ0n) is 13.5. The minimum absolute atomic E-state index is 0.191. The summed E-state index contributed by atoms with van der Waals surface area (Å²) in [5.74, 6) is -0.191. The van der Waals surface area contributed by atoms with Gasteiger partial charge in [0.05, 0.1) is 24.2 Å². The Bertz CT molecular complexity index is 675. The molecule has 2 rings (SSSR count). The van der Waals surface area contributed by atoms with E-state index in [1.807, 2.05) is 51.0 Å². The number of ether oxygens (including phenoxy) is 1. The molecule has 6 nitrogen and oxygen atoms in total. The van der Waals surface area contributed by atoms with E-state index in [0.717, 1.165) is 5.69 Å². The van der Waals surface area contributed by atoms with Crippen molar-refractivity contribution in [1.29, 1.82) is 0 Å². The number of nitrogens with zero attached hydrogens (tertiary/aromatic N) is 3. The summed E-state index contributed by atoms with van der Waals surface area (Å²) < 4.78 is 5.02. The molecule has 1 aromatic carbocycles. The first-order valence-corrected chi connectivity index (χ1v) is 6.90. The number of rotatable bonds is 4. The molecule has 0 atom stereocenters. The van der Waals surface area contributed by atoms with E-state index in [4.69, 9.17) is 4.74 Å². The van der Waals surface area contributed by atoms with Crippen molar-refractivity contribution in [2.45, 2.75) is 13.8 Å². The van der Waals surface area contributed by atoms with Crippen LogP contribution in [-0.4, -0.2) is 37.1 Å². The monoisotopic (exact) mass is 300 g/mol. The van der Waals surface area contributed by atoms with Gasteiger partial charge in [0.1, 0.15) is 0 Å². The van der Waals surface area contributed by atoms with Crippen molar-refractivity contribution in [3.63, 3.8) is 0 Å². The Morgan fingerprint density at radius 1 is 1.18 bits per heavy atom. The molecule has 2 aromatic rings. The fourth-order valence-electron chi connectivity index (χ4n) is 2.07. The second-order valence-corrected chi connectivity index (χ2v) is 5.16. The standard InChI is InChI=1S/C16H20N4O2/c1-10-14(11(2)18-16(17-10)22-5)19-15(21)12-7-6-8-13(9-12)20(3)4/h6-9H,1-5H3,(H,19,21). The maximum absolute atomic E-state index is 12.4. The van der Waals surface area contributed by atoms with Crippen LogP contribution >= 0.6 is 0 Å². The molecule has 0 radical (unpaired) electrons. The number of anilines is 2. The summed E-state index contributed by atoms with van der Waals surface area (Å²) in [5, 5.41) is 2.87. The number of aryl methyl sites for hydroxylation is 2. The number of benzene rings is 1. The number of methoxy groups -OCH3 is 1. The van der Waals surface area contributed by atoms with E-state index in [2.05, 4.69) is 15.3 Å². The van der Waals surface area contributed by atoms with E-state index in [1.54, 1.807) is 6.07 Å². The summed E-state index contributed by atoms with van der Waals surface area (Å²) in [6, 6.07) is 7.71. The van der Waals surface area contributed by atoms with Gasteiger partial charge in [0.2, 0.25) is 0 Å². The Morgan fingerprint density at radius 2 is 1.82 bits per heavy atom. The normalized spacial score (nSPS) is 10.2. The zero-order chi connectivity index (χ0) is 16.3. The second-order valence-electron chi connectivity index (χ2n) is 5.16. The predicted octanol–water partition coefficient (Wildman–Crippen LogP) is 2.42. The Hall–Kier alpha value is -2.63. The first-order chi connectivity index (χ1) is 10.4. The van der Waals surface area contributed by atoms with E-state index in [0.29, 0.717) is 28.6 Å². The number of carbonyl (C=O) groups excluding carboxylic acids is 1. The molecule has 0 saturated carbocycles. The van der Waals surface area contributed by atoms with Gasteiger partial charge in [-0.3, -0.25) is 4.79 Å². The van der Waals surface area contributed by atoms with E-state index in [1.165, 1.54) is 7.11 Å². The maximum atomic E-state index is 12.4. The second kappa shape index (κ2) is 6.43. The smallest absolute Gasteiger partial charge is 0.316 e. The van der Waals surface area contributed by atoms with Gasteiger partial charge in [0.15, 0.2) is 0 Å². The molecule has 0 aliphatic heterocycles. The fraction of sp³-hybridized carbons (Fsp3) is 0.312. The highest BCUT2D eigenvalue weighted by Crippen LogP contribution is 2.21. The lowest BCUT2D eigenvalue weighted by Crippen LogP contribution is -2.16. The quantitative estimate of drug-likeness (QED) is 0.939. The number of aromatic nitrogens is 2. The van der Waals surface area contributed by atoms with E-state index in [-0.39, 0.29) is 5.91 Å². The van der Waals surface area contributed by atoms with Gasteiger partial charge in [-0.2, -0.15) is 9.97 Å². The molecule has 1 heterocycles. The minimum atomic E-state index is -0.191.